The summed E-state index contributed by atoms with van der Waals surface area (Å²) in [5, 5.41) is 3.00. The van der Waals surface area contributed by atoms with Crippen molar-refractivity contribution in [3.8, 4) is 0 Å². The third kappa shape index (κ3) is 5.45. The highest BCUT2D eigenvalue weighted by Crippen LogP contribution is 2.35. The number of hydrogen-bond acceptors (Lipinski definition) is 5. The van der Waals surface area contributed by atoms with Crippen molar-refractivity contribution in [2.24, 2.45) is 17.1 Å². The Balaban J connectivity index is 1.48. The zero-order valence-corrected chi connectivity index (χ0v) is 19.5. The number of primary amides is 1. The van der Waals surface area contributed by atoms with Gasteiger partial charge in [-0.15, -0.1) is 0 Å². The van der Waals surface area contributed by atoms with Crippen LogP contribution in [0.25, 0.3) is 0 Å². The van der Waals surface area contributed by atoms with Gasteiger partial charge in [0.15, 0.2) is 0 Å². The minimum absolute atomic E-state index is 0.0180. The predicted molar refractivity (Wildman–Crippen MR) is 124 cm³/mol. The SMILES string of the molecule is C[C@H]1C[C@@H]1NC(=O)C1=CN(Cc2cccc(CCN3CCOCC3)c2)C(=O)C(C)(C(N)=O)C1. The number of ether oxygens (including phenoxy) is 1. The maximum absolute atomic E-state index is 13.2. The van der Waals surface area contributed by atoms with Crippen LogP contribution in [0.5, 0.6) is 0 Å². The predicted octanol–water partition coefficient (Wildman–Crippen LogP) is 1.19. The van der Waals surface area contributed by atoms with Gasteiger partial charge in [-0.2, -0.15) is 0 Å². The molecule has 178 valence electrons. The lowest BCUT2D eigenvalue weighted by Crippen LogP contribution is -2.51. The first kappa shape index (κ1) is 23.4. The number of carbonyl (C=O) groups is 3. The summed E-state index contributed by atoms with van der Waals surface area (Å²) >= 11 is 0. The highest BCUT2D eigenvalue weighted by atomic mass is 16.5. The Kier molecular flexibility index (Phi) is 6.86. The van der Waals surface area contributed by atoms with E-state index in [1.807, 2.05) is 12.1 Å². The lowest BCUT2D eigenvalue weighted by Gasteiger charge is -2.36. The zero-order valence-electron chi connectivity index (χ0n) is 19.5. The van der Waals surface area contributed by atoms with Crippen molar-refractivity contribution in [1.82, 2.24) is 15.1 Å². The summed E-state index contributed by atoms with van der Waals surface area (Å²) in [4.78, 5) is 42.1. The van der Waals surface area contributed by atoms with Crippen LogP contribution < -0.4 is 11.1 Å². The number of rotatable bonds is 8. The van der Waals surface area contributed by atoms with Crippen LogP contribution in [-0.2, 0) is 32.1 Å². The third-order valence-electron chi connectivity index (χ3n) is 7.01. The Morgan fingerprint density at radius 2 is 1.94 bits per heavy atom. The second-order valence-electron chi connectivity index (χ2n) is 9.78. The van der Waals surface area contributed by atoms with Crippen LogP contribution >= 0.6 is 0 Å². The number of benzene rings is 1. The van der Waals surface area contributed by atoms with E-state index < -0.39 is 11.3 Å². The Morgan fingerprint density at radius 1 is 1.24 bits per heavy atom. The van der Waals surface area contributed by atoms with Gasteiger partial charge < -0.3 is 20.7 Å². The van der Waals surface area contributed by atoms with Crippen molar-refractivity contribution >= 4 is 17.7 Å². The van der Waals surface area contributed by atoms with Gasteiger partial charge in [0.1, 0.15) is 5.41 Å². The van der Waals surface area contributed by atoms with Gasteiger partial charge in [-0.3, -0.25) is 19.3 Å². The van der Waals surface area contributed by atoms with Gasteiger partial charge in [-0.05, 0) is 36.8 Å². The van der Waals surface area contributed by atoms with E-state index in [2.05, 4.69) is 29.3 Å². The molecule has 4 rings (SSSR count). The van der Waals surface area contributed by atoms with E-state index in [-0.39, 0.29) is 30.8 Å². The molecule has 3 aliphatic rings. The molecule has 3 N–H and O–H groups in total. The summed E-state index contributed by atoms with van der Waals surface area (Å²) in [7, 11) is 0. The summed E-state index contributed by atoms with van der Waals surface area (Å²) in [5.41, 5.74) is 6.73. The molecule has 3 amide bonds. The molecule has 1 saturated heterocycles. The Bertz CT molecular complexity index is 955. The molecule has 8 nitrogen and oxygen atoms in total. The van der Waals surface area contributed by atoms with Gasteiger partial charge in [-0.1, -0.05) is 31.2 Å². The van der Waals surface area contributed by atoms with E-state index in [0.29, 0.717) is 11.5 Å². The highest BCUT2D eigenvalue weighted by Gasteiger charge is 2.47. The van der Waals surface area contributed by atoms with Crippen LogP contribution in [0.2, 0.25) is 0 Å². The van der Waals surface area contributed by atoms with Crippen molar-refractivity contribution in [3.05, 3.63) is 47.2 Å². The number of hydrogen-bond donors (Lipinski definition) is 2. The highest BCUT2D eigenvalue weighted by molar-refractivity contribution is 6.08. The topological polar surface area (TPSA) is 105 Å². The second kappa shape index (κ2) is 9.65. The monoisotopic (exact) mass is 454 g/mol. The van der Waals surface area contributed by atoms with Crippen LogP contribution in [0.3, 0.4) is 0 Å². The van der Waals surface area contributed by atoms with Crippen LogP contribution in [0, 0.1) is 11.3 Å². The summed E-state index contributed by atoms with van der Waals surface area (Å²) in [6, 6.07) is 8.27. The van der Waals surface area contributed by atoms with Crippen LogP contribution in [0.15, 0.2) is 36.0 Å². The molecular formula is C25H34N4O4. The lowest BCUT2D eigenvalue weighted by molar-refractivity contribution is -0.148. The molecule has 2 fully saturated rings. The summed E-state index contributed by atoms with van der Waals surface area (Å²) in [6.45, 7) is 8.29. The molecule has 2 aliphatic heterocycles. The van der Waals surface area contributed by atoms with Gasteiger partial charge >= 0.3 is 0 Å². The largest absolute Gasteiger partial charge is 0.379 e. The summed E-state index contributed by atoms with van der Waals surface area (Å²) in [5.74, 6) is -0.854. The van der Waals surface area contributed by atoms with Crippen molar-refractivity contribution in [1.29, 1.82) is 0 Å². The molecule has 0 spiro atoms. The first-order valence-corrected chi connectivity index (χ1v) is 11.8. The summed E-state index contributed by atoms with van der Waals surface area (Å²) < 4.78 is 5.41. The Hall–Kier alpha value is -2.71. The Labute approximate surface area is 195 Å². The second-order valence-corrected chi connectivity index (χ2v) is 9.78. The molecule has 0 aromatic heterocycles. The quantitative estimate of drug-likeness (QED) is 0.574. The number of amides is 3. The van der Waals surface area contributed by atoms with Crippen molar-refractivity contribution in [2.75, 3.05) is 32.8 Å². The molecule has 33 heavy (non-hydrogen) atoms. The van der Waals surface area contributed by atoms with E-state index in [1.54, 1.807) is 6.20 Å². The van der Waals surface area contributed by atoms with Crippen molar-refractivity contribution in [3.63, 3.8) is 0 Å². The van der Waals surface area contributed by atoms with Crippen LogP contribution in [0.4, 0.5) is 0 Å². The van der Waals surface area contributed by atoms with Gasteiger partial charge in [0.05, 0.1) is 19.8 Å². The van der Waals surface area contributed by atoms with Gasteiger partial charge in [0.25, 0.3) is 0 Å². The molecule has 0 radical (unpaired) electrons. The van der Waals surface area contributed by atoms with Gasteiger partial charge in [0, 0.05) is 43.9 Å². The molecule has 1 aromatic carbocycles. The maximum Gasteiger partial charge on any atom is 0.248 e. The average molecular weight is 455 g/mol. The molecule has 3 atom stereocenters. The van der Waals surface area contributed by atoms with E-state index in [9.17, 15) is 14.4 Å². The van der Waals surface area contributed by atoms with E-state index in [4.69, 9.17) is 10.5 Å². The number of carbonyl (C=O) groups excluding carboxylic acids is 3. The maximum atomic E-state index is 13.2. The molecule has 1 aromatic rings. The normalized spacial score (nSPS) is 27.8. The first-order valence-electron chi connectivity index (χ1n) is 11.8. The molecule has 8 heteroatoms. The van der Waals surface area contributed by atoms with E-state index in [0.717, 1.165) is 51.3 Å². The molecular weight excluding hydrogens is 420 g/mol. The van der Waals surface area contributed by atoms with Crippen molar-refractivity contribution < 1.29 is 19.1 Å². The minimum Gasteiger partial charge on any atom is -0.379 e. The van der Waals surface area contributed by atoms with Crippen LogP contribution in [-0.4, -0.2) is 66.4 Å². The smallest absolute Gasteiger partial charge is 0.248 e. The lowest BCUT2D eigenvalue weighted by atomic mass is 9.78. The summed E-state index contributed by atoms with van der Waals surface area (Å²) in [6.07, 6.45) is 3.47. The van der Waals surface area contributed by atoms with E-state index in [1.165, 1.54) is 17.4 Å². The standard InChI is InChI=1S/C25H34N4O4/c1-17-12-21(17)27-22(30)20-14-25(2,23(26)31)24(32)29(16-20)15-19-5-3-4-18(13-19)6-7-28-8-10-33-11-9-28/h3-5,13,16-17,21H,6-12,14-15H2,1-2H3,(H2,26,31)(H,27,30)/t17-,21-,25?/m0/s1. The molecule has 2 heterocycles. The Morgan fingerprint density at radius 3 is 2.61 bits per heavy atom. The first-order chi connectivity index (χ1) is 15.8. The third-order valence-corrected chi connectivity index (χ3v) is 7.01. The van der Waals surface area contributed by atoms with Crippen molar-refractivity contribution in [2.45, 2.75) is 45.7 Å². The number of morpholine rings is 1. The molecule has 1 unspecified atom stereocenters. The number of nitrogens with zero attached hydrogens (tertiary/aromatic N) is 2. The molecule has 0 bridgehead atoms. The fourth-order valence-corrected chi connectivity index (χ4v) is 4.49. The fourth-order valence-electron chi connectivity index (χ4n) is 4.49. The average Bonchev–Trinajstić information content (AvgIpc) is 3.50. The number of nitrogens with one attached hydrogen (secondary N) is 1. The van der Waals surface area contributed by atoms with Crippen LogP contribution in [0.1, 0.15) is 37.8 Å². The molecule has 1 saturated carbocycles. The number of nitrogens with two attached hydrogens (primary N) is 1. The molecule has 1 aliphatic carbocycles. The van der Waals surface area contributed by atoms with E-state index >= 15 is 0 Å². The minimum atomic E-state index is -1.44. The van der Waals surface area contributed by atoms with Gasteiger partial charge in [0.2, 0.25) is 17.7 Å². The van der Waals surface area contributed by atoms with Gasteiger partial charge in [-0.25, -0.2) is 0 Å². The zero-order chi connectivity index (χ0) is 23.6. The fraction of sp³-hybridized carbons (Fsp3) is 0.560.